The lowest BCUT2D eigenvalue weighted by atomic mass is 9.97. The Morgan fingerprint density at radius 2 is 0.889 bits per heavy atom. The van der Waals surface area contributed by atoms with E-state index in [2.05, 4.69) is 240 Å². The highest BCUT2D eigenvalue weighted by molar-refractivity contribution is 6.22. The van der Waals surface area contributed by atoms with E-state index in [4.69, 9.17) is 4.42 Å². The summed E-state index contributed by atoms with van der Waals surface area (Å²) in [5.41, 5.74) is 13.2. The van der Waals surface area contributed by atoms with Gasteiger partial charge in [0.25, 0.3) is 0 Å². The SMILES string of the molecule is c1ccc(-c2ccc(-n3c4ccccc4c4cc(N(c5ccc(-c6ccc7ccc8ccccc8c7c6)cc5)c5c6ccccc6cc6oc7ccccc7c56)ccc43)cc2)cc1. The first kappa shape index (κ1) is 35.4. The maximum Gasteiger partial charge on any atom is 0.138 e. The molecule has 13 aromatic rings. The van der Waals surface area contributed by atoms with Gasteiger partial charge in [-0.2, -0.15) is 0 Å². The Hall–Kier alpha value is -8.40. The van der Waals surface area contributed by atoms with Crippen LogP contribution in [0.1, 0.15) is 0 Å². The number of rotatable bonds is 6. The maximum absolute atomic E-state index is 6.65. The number of benzene rings is 11. The molecule has 0 aliphatic carbocycles. The molecule has 2 heterocycles. The van der Waals surface area contributed by atoms with E-state index >= 15 is 0 Å². The smallest absolute Gasteiger partial charge is 0.138 e. The van der Waals surface area contributed by atoms with E-state index in [1.807, 2.05) is 0 Å². The highest BCUT2D eigenvalue weighted by Crippen LogP contribution is 2.48. The molecule has 3 nitrogen and oxygen atoms in total. The van der Waals surface area contributed by atoms with Crippen LogP contribution in [0.5, 0.6) is 0 Å². The second-order valence-corrected chi connectivity index (χ2v) is 16.5. The van der Waals surface area contributed by atoms with E-state index in [1.54, 1.807) is 0 Å². The van der Waals surface area contributed by atoms with Crippen molar-refractivity contribution in [3.63, 3.8) is 0 Å². The lowest BCUT2D eigenvalue weighted by molar-refractivity contribution is 0.669. The van der Waals surface area contributed by atoms with Crippen molar-refractivity contribution in [2.24, 2.45) is 0 Å². The minimum Gasteiger partial charge on any atom is -0.456 e. The molecule has 63 heavy (non-hydrogen) atoms. The van der Waals surface area contributed by atoms with E-state index in [0.29, 0.717) is 0 Å². The number of para-hydroxylation sites is 2. The molecular formula is C60H38N2O. The number of hydrogen-bond donors (Lipinski definition) is 0. The van der Waals surface area contributed by atoms with Crippen molar-refractivity contribution in [3.8, 4) is 27.9 Å². The summed E-state index contributed by atoms with van der Waals surface area (Å²) in [4.78, 5) is 2.45. The summed E-state index contributed by atoms with van der Waals surface area (Å²) >= 11 is 0. The zero-order chi connectivity index (χ0) is 41.4. The van der Waals surface area contributed by atoms with Gasteiger partial charge in [-0.25, -0.2) is 0 Å². The van der Waals surface area contributed by atoms with Crippen molar-refractivity contribution in [2.45, 2.75) is 0 Å². The Morgan fingerprint density at radius 1 is 0.317 bits per heavy atom. The molecule has 0 fully saturated rings. The van der Waals surface area contributed by atoms with Crippen LogP contribution in [0.2, 0.25) is 0 Å². The molecule has 0 saturated heterocycles. The fourth-order valence-corrected chi connectivity index (χ4v) is 9.96. The van der Waals surface area contributed by atoms with E-state index in [9.17, 15) is 0 Å². The first-order valence-electron chi connectivity index (χ1n) is 21.6. The van der Waals surface area contributed by atoms with Gasteiger partial charge in [0, 0.05) is 38.6 Å². The highest BCUT2D eigenvalue weighted by atomic mass is 16.3. The molecule has 0 saturated carbocycles. The Labute approximate surface area is 363 Å². The van der Waals surface area contributed by atoms with E-state index in [-0.39, 0.29) is 0 Å². The average molecular weight is 803 g/mol. The number of hydrogen-bond acceptors (Lipinski definition) is 2. The summed E-state index contributed by atoms with van der Waals surface area (Å²) in [6.45, 7) is 0. The third-order valence-corrected chi connectivity index (χ3v) is 12.9. The normalized spacial score (nSPS) is 11.8. The van der Waals surface area contributed by atoms with Crippen molar-refractivity contribution >= 4 is 93.1 Å². The number of nitrogens with zero attached hydrogens (tertiary/aromatic N) is 2. The van der Waals surface area contributed by atoms with Crippen molar-refractivity contribution in [3.05, 3.63) is 231 Å². The molecule has 0 amide bonds. The van der Waals surface area contributed by atoms with Gasteiger partial charge in [-0.3, -0.25) is 0 Å². The summed E-state index contributed by atoms with van der Waals surface area (Å²) in [6.07, 6.45) is 0. The van der Waals surface area contributed by atoms with Crippen LogP contribution in [-0.2, 0) is 0 Å². The number of aromatic nitrogens is 1. The molecule has 0 radical (unpaired) electrons. The average Bonchev–Trinajstić information content (AvgIpc) is 3.89. The van der Waals surface area contributed by atoms with Crippen LogP contribution in [0.15, 0.2) is 235 Å². The Balaban J connectivity index is 1.03. The molecule has 2 aromatic heterocycles. The van der Waals surface area contributed by atoms with Gasteiger partial charge in [-0.15, -0.1) is 0 Å². The third kappa shape index (κ3) is 5.67. The summed E-state index contributed by atoms with van der Waals surface area (Å²) in [5.74, 6) is 0. The third-order valence-electron chi connectivity index (χ3n) is 12.9. The topological polar surface area (TPSA) is 21.3 Å². The lowest BCUT2D eigenvalue weighted by Gasteiger charge is -2.28. The minimum absolute atomic E-state index is 0.867. The van der Waals surface area contributed by atoms with Crippen LogP contribution in [0.3, 0.4) is 0 Å². The van der Waals surface area contributed by atoms with Crippen molar-refractivity contribution in [2.75, 3.05) is 4.90 Å². The van der Waals surface area contributed by atoms with Gasteiger partial charge in [-0.05, 0) is 116 Å². The number of furan rings is 1. The Morgan fingerprint density at radius 3 is 1.71 bits per heavy atom. The molecule has 294 valence electrons. The van der Waals surface area contributed by atoms with Crippen LogP contribution in [0.25, 0.3) is 104 Å². The second kappa shape index (κ2) is 14.1. The fourth-order valence-electron chi connectivity index (χ4n) is 9.96. The lowest BCUT2D eigenvalue weighted by Crippen LogP contribution is -2.11. The van der Waals surface area contributed by atoms with Crippen molar-refractivity contribution in [1.29, 1.82) is 0 Å². The highest BCUT2D eigenvalue weighted by Gasteiger charge is 2.24. The molecule has 0 spiro atoms. The zero-order valence-corrected chi connectivity index (χ0v) is 34.2. The van der Waals surface area contributed by atoms with Crippen LogP contribution in [0.4, 0.5) is 17.1 Å². The van der Waals surface area contributed by atoms with E-state index in [1.165, 1.54) is 60.1 Å². The number of anilines is 3. The fraction of sp³-hybridized carbons (Fsp3) is 0. The molecule has 13 rings (SSSR count). The standard InChI is InChI=1S/C60H38N2O/c1-2-12-39(13-3-1)40-26-32-47(33-27-40)62-55-20-10-8-18-51(55)54-38-48(34-35-56(54)62)61(60-50-17-7-5-15-45(50)37-58-59(60)52-19-9-11-21-57(52)63-58)46-30-28-41(29-31-46)44-25-24-43-23-22-42-14-4-6-16-49(42)53(43)36-44/h1-38H. The maximum atomic E-state index is 6.65. The van der Waals surface area contributed by atoms with E-state index < -0.39 is 0 Å². The largest absolute Gasteiger partial charge is 0.456 e. The molecule has 0 aliphatic heterocycles. The summed E-state index contributed by atoms with van der Waals surface area (Å²) < 4.78 is 9.05. The van der Waals surface area contributed by atoms with Crippen LogP contribution >= 0.6 is 0 Å². The number of fused-ring (bicyclic) bond motifs is 10. The molecule has 0 N–H and O–H groups in total. The second-order valence-electron chi connectivity index (χ2n) is 16.5. The van der Waals surface area contributed by atoms with Gasteiger partial charge in [0.2, 0.25) is 0 Å². The van der Waals surface area contributed by atoms with Crippen molar-refractivity contribution in [1.82, 2.24) is 4.57 Å². The predicted octanol–water partition coefficient (Wildman–Crippen LogP) is 16.9. The summed E-state index contributed by atoms with van der Waals surface area (Å²) in [7, 11) is 0. The summed E-state index contributed by atoms with van der Waals surface area (Å²) in [5, 5.41) is 11.9. The molecule has 0 aliphatic rings. The quantitative estimate of drug-likeness (QED) is 0.156. The van der Waals surface area contributed by atoms with Gasteiger partial charge < -0.3 is 13.9 Å². The Bertz CT molecular complexity index is 3900. The zero-order valence-electron chi connectivity index (χ0n) is 34.2. The molecular weight excluding hydrogens is 765 g/mol. The summed E-state index contributed by atoms with van der Waals surface area (Å²) in [6, 6.07) is 83.6. The van der Waals surface area contributed by atoms with Gasteiger partial charge in [-0.1, -0.05) is 164 Å². The molecule has 0 atom stereocenters. The van der Waals surface area contributed by atoms with Crippen LogP contribution in [-0.4, -0.2) is 4.57 Å². The van der Waals surface area contributed by atoms with E-state index in [0.717, 1.165) is 61.0 Å². The van der Waals surface area contributed by atoms with Crippen LogP contribution < -0.4 is 4.90 Å². The van der Waals surface area contributed by atoms with Gasteiger partial charge >= 0.3 is 0 Å². The van der Waals surface area contributed by atoms with Gasteiger partial charge in [0.1, 0.15) is 11.2 Å². The van der Waals surface area contributed by atoms with Gasteiger partial charge in [0.05, 0.1) is 22.1 Å². The predicted molar refractivity (Wildman–Crippen MR) is 266 cm³/mol. The van der Waals surface area contributed by atoms with Crippen LogP contribution in [0, 0.1) is 0 Å². The molecule has 11 aromatic carbocycles. The first-order chi connectivity index (χ1) is 31.2. The van der Waals surface area contributed by atoms with Gasteiger partial charge in [0.15, 0.2) is 0 Å². The monoisotopic (exact) mass is 802 g/mol. The first-order valence-corrected chi connectivity index (χ1v) is 21.6. The Kier molecular flexibility index (Phi) is 7.91. The minimum atomic E-state index is 0.867. The molecule has 0 bridgehead atoms. The van der Waals surface area contributed by atoms with Crippen molar-refractivity contribution < 1.29 is 4.42 Å². The molecule has 3 heteroatoms. The molecule has 0 unspecified atom stereocenters.